The van der Waals surface area contributed by atoms with Gasteiger partial charge in [-0.2, -0.15) is 0 Å². The van der Waals surface area contributed by atoms with Crippen molar-refractivity contribution < 1.29 is 14.3 Å². The summed E-state index contributed by atoms with van der Waals surface area (Å²) in [7, 11) is 0. The lowest BCUT2D eigenvalue weighted by molar-refractivity contribution is -0.142. The molecule has 2 amide bonds. The fourth-order valence-corrected chi connectivity index (χ4v) is 3.90. The highest BCUT2D eigenvalue weighted by atomic mass is 35.5. The molecule has 26 heavy (non-hydrogen) atoms. The molecule has 0 aliphatic carbocycles. The average Bonchev–Trinajstić information content (AvgIpc) is 2.68. The van der Waals surface area contributed by atoms with E-state index in [9.17, 15) is 9.59 Å². The van der Waals surface area contributed by atoms with Crippen LogP contribution in [-0.2, 0) is 9.59 Å². The standard InChI is InChI=1S/C19H24Cl2N2O3/c20-15-4-5-16(21)17(12-15)26-13-18(24)22-10-6-14(7-11-22)19(25)23-8-2-1-3-9-23/h4-5,12,14H,1-3,6-11,13H2. The highest BCUT2D eigenvalue weighted by Crippen LogP contribution is 2.28. The van der Waals surface area contributed by atoms with Crippen LogP contribution in [0.5, 0.6) is 5.75 Å². The number of hydrogen-bond donors (Lipinski definition) is 0. The Morgan fingerprint density at radius 3 is 2.38 bits per heavy atom. The summed E-state index contributed by atoms with van der Waals surface area (Å²) in [6.45, 7) is 2.87. The predicted octanol–water partition coefficient (Wildman–Crippen LogP) is 3.62. The SMILES string of the molecule is O=C(COc1cc(Cl)ccc1Cl)N1CCC(C(=O)N2CCCCC2)CC1. The highest BCUT2D eigenvalue weighted by Gasteiger charge is 2.30. The maximum atomic E-state index is 12.6. The second-order valence-electron chi connectivity index (χ2n) is 6.90. The minimum Gasteiger partial charge on any atom is -0.482 e. The molecule has 2 fully saturated rings. The van der Waals surface area contributed by atoms with E-state index < -0.39 is 0 Å². The zero-order chi connectivity index (χ0) is 18.5. The summed E-state index contributed by atoms with van der Waals surface area (Å²) < 4.78 is 5.52. The molecule has 0 saturated carbocycles. The molecule has 3 rings (SSSR count). The van der Waals surface area contributed by atoms with Crippen molar-refractivity contribution in [2.24, 2.45) is 5.92 Å². The van der Waals surface area contributed by atoms with E-state index in [1.807, 2.05) is 4.90 Å². The van der Waals surface area contributed by atoms with Gasteiger partial charge in [0.05, 0.1) is 5.02 Å². The Hall–Kier alpha value is -1.46. The molecule has 2 aliphatic heterocycles. The topological polar surface area (TPSA) is 49.9 Å². The minimum absolute atomic E-state index is 0.0421. The molecule has 0 unspecified atom stereocenters. The fraction of sp³-hybridized carbons (Fsp3) is 0.579. The van der Waals surface area contributed by atoms with Gasteiger partial charge in [0, 0.05) is 43.2 Å². The molecule has 1 aromatic rings. The van der Waals surface area contributed by atoms with Gasteiger partial charge in [-0.05, 0) is 44.2 Å². The molecule has 2 aliphatic rings. The van der Waals surface area contributed by atoms with Gasteiger partial charge in [0.25, 0.3) is 5.91 Å². The summed E-state index contributed by atoms with van der Waals surface area (Å²) in [5.74, 6) is 0.617. The Balaban J connectivity index is 1.46. The molecule has 2 saturated heterocycles. The number of halogens is 2. The number of amides is 2. The summed E-state index contributed by atoms with van der Waals surface area (Å²) in [5, 5.41) is 0.932. The Morgan fingerprint density at radius 2 is 1.69 bits per heavy atom. The van der Waals surface area contributed by atoms with Crippen molar-refractivity contribution in [1.29, 1.82) is 0 Å². The number of hydrogen-bond acceptors (Lipinski definition) is 3. The quantitative estimate of drug-likeness (QED) is 0.777. The Kier molecular flexibility index (Phi) is 6.65. The molecule has 0 N–H and O–H groups in total. The third kappa shape index (κ3) is 4.83. The van der Waals surface area contributed by atoms with Gasteiger partial charge in [-0.25, -0.2) is 0 Å². The van der Waals surface area contributed by atoms with Crippen LogP contribution in [0.25, 0.3) is 0 Å². The first kappa shape index (κ1) is 19.3. The highest BCUT2D eigenvalue weighted by molar-refractivity contribution is 6.34. The molecular formula is C19H24Cl2N2O3. The van der Waals surface area contributed by atoms with E-state index in [0.717, 1.165) is 38.8 Å². The summed E-state index contributed by atoms with van der Waals surface area (Å²) in [4.78, 5) is 28.7. The maximum Gasteiger partial charge on any atom is 0.260 e. The van der Waals surface area contributed by atoms with Gasteiger partial charge in [-0.1, -0.05) is 23.2 Å². The Labute approximate surface area is 164 Å². The van der Waals surface area contributed by atoms with Crippen molar-refractivity contribution in [3.8, 4) is 5.75 Å². The molecule has 2 heterocycles. The first-order chi connectivity index (χ1) is 12.5. The number of piperidine rings is 2. The lowest BCUT2D eigenvalue weighted by Crippen LogP contribution is -2.46. The Morgan fingerprint density at radius 1 is 1.00 bits per heavy atom. The van der Waals surface area contributed by atoms with E-state index in [-0.39, 0.29) is 24.3 Å². The van der Waals surface area contributed by atoms with E-state index in [1.54, 1.807) is 23.1 Å². The largest absolute Gasteiger partial charge is 0.482 e. The zero-order valence-corrected chi connectivity index (χ0v) is 16.3. The number of ether oxygens (including phenoxy) is 1. The molecule has 0 aromatic heterocycles. The number of nitrogens with zero attached hydrogens (tertiary/aromatic N) is 2. The van der Waals surface area contributed by atoms with Crippen molar-refractivity contribution in [3.05, 3.63) is 28.2 Å². The molecule has 142 valence electrons. The van der Waals surface area contributed by atoms with Gasteiger partial charge in [0.15, 0.2) is 6.61 Å². The van der Waals surface area contributed by atoms with Gasteiger partial charge in [0.2, 0.25) is 5.91 Å². The fourth-order valence-electron chi connectivity index (χ4n) is 3.57. The summed E-state index contributed by atoms with van der Waals surface area (Å²) in [6.07, 6.45) is 4.87. The van der Waals surface area contributed by atoms with Crippen molar-refractivity contribution >= 4 is 35.0 Å². The van der Waals surface area contributed by atoms with Crippen LogP contribution in [-0.4, -0.2) is 54.4 Å². The number of likely N-dealkylation sites (tertiary alicyclic amines) is 2. The molecule has 0 radical (unpaired) electrons. The van der Waals surface area contributed by atoms with Gasteiger partial charge < -0.3 is 14.5 Å². The molecular weight excluding hydrogens is 375 g/mol. The average molecular weight is 399 g/mol. The number of benzene rings is 1. The number of carbonyl (C=O) groups is 2. The molecule has 1 aromatic carbocycles. The normalized spacial score (nSPS) is 18.7. The van der Waals surface area contributed by atoms with Crippen molar-refractivity contribution in [2.75, 3.05) is 32.8 Å². The molecule has 0 atom stereocenters. The van der Waals surface area contributed by atoms with E-state index in [1.165, 1.54) is 6.42 Å². The van der Waals surface area contributed by atoms with Crippen LogP contribution in [0.2, 0.25) is 10.0 Å². The van der Waals surface area contributed by atoms with Crippen LogP contribution >= 0.6 is 23.2 Å². The monoisotopic (exact) mass is 398 g/mol. The van der Waals surface area contributed by atoms with Gasteiger partial charge >= 0.3 is 0 Å². The van der Waals surface area contributed by atoms with E-state index in [0.29, 0.717) is 28.9 Å². The van der Waals surface area contributed by atoms with E-state index >= 15 is 0 Å². The van der Waals surface area contributed by atoms with Crippen LogP contribution in [0.1, 0.15) is 32.1 Å². The predicted molar refractivity (Wildman–Crippen MR) is 102 cm³/mol. The molecule has 5 nitrogen and oxygen atoms in total. The molecule has 0 bridgehead atoms. The van der Waals surface area contributed by atoms with Crippen LogP contribution in [0.3, 0.4) is 0 Å². The lowest BCUT2D eigenvalue weighted by Gasteiger charge is -2.35. The Bertz CT molecular complexity index is 654. The van der Waals surface area contributed by atoms with E-state index in [4.69, 9.17) is 27.9 Å². The van der Waals surface area contributed by atoms with Crippen LogP contribution in [0.15, 0.2) is 18.2 Å². The summed E-state index contributed by atoms with van der Waals surface area (Å²) in [5.41, 5.74) is 0. The smallest absolute Gasteiger partial charge is 0.260 e. The maximum absolute atomic E-state index is 12.6. The summed E-state index contributed by atoms with van der Waals surface area (Å²) >= 11 is 12.0. The lowest BCUT2D eigenvalue weighted by atomic mass is 9.94. The minimum atomic E-state index is -0.0927. The number of rotatable bonds is 4. The molecule has 0 spiro atoms. The van der Waals surface area contributed by atoms with Gasteiger partial charge in [0.1, 0.15) is 5.75 Å². The molecule has 7 heteroatoms. The van der Waals surface area contributed by atoms with Gasteiger partial charge in [-0.3, -0.25) is 9.59 Å². The zero-order valence-electron chi connectivity index (χ0n) is 14.8. The third-order valence-electron chi connectivity index (χ3n) is 5.11. The van der Waals surface area contributed by atoms with Crippen LogP contribution < -0.4 is 4.74 Å². The first-order valence-electron chi connectivity index (χ1n) is 9.19. The van der Waals surface area contributed by atoms with E-state index in [2.05, 4.69) is 0 Å². The second kappa shape index (κ2) is 8.96. The van der Waals surface area contributed by atoms with Crippen molar-refractivity contribution in [2.45, 2.75) is 32.1 Å². The van der Waals surface area contributed by atoms with Gasteiger partial charge in [-0.15, -0.1) is 0 Å². The third-order valence-corrected chi connectivity index (χ3v) is 5.66. The van der Waals surface area contributed by atoms with Crippen LogP contribution in [0.4, 0.5) is 0 Å². The number of carbonyl (C=O) groups excluding carboxylic acids is 2. The summed E-state index contributed by atoms with van der Waals surface area (Å²) in [6, 6.07) is 4.91. The van der Waals surface area contributed by atoms with Crippen molar-refractivity contribution in [3.63, 3.8) is 0 Å². The first-order valence-corrected chi connectivity index (χ1v) is 9.94. The second-order valence-corrected chi connectivity index (χ2v) is 7.75. The van der Waals surface area contributed by atoms with Crippen molar-refractivity contribution in [1.82, 2.24) is 9.80 Å². The van der Waals surface area contributed by atoms with Crippen LogP contribution in [0, 0.1) is 5.92 Å².